The maximum Gasteiger partial charge on any atom is 0.290 e. The van der Waals surface area contributed by atoms with E-state index in [1.165, 1.54) is 0 Å². The number of primary amides is 1. The van der Waals surface area contributed by atoms with E-state index < -0.39 is 5.91 Å². The van der Waals surface area contributed by atoms with Crippen LogP contribution in [-0.2, 0) is 6.54 Å². The number of rotatable bonds is 5. The molecule has 1 atom stereocenters. The predicted molar refractivity (Wildman–Crippen MR) is 91.9 cm³/mol. The molecule has 0 spiro atoms. The summed E-state index contributed by atoms with van der Waals surface area (Å²) >= 11 is 0. The van der Waals surface area contributed by atoms with Gasteiger partial charge in [-0.1, -0.05) is 12.1 Å². The summed E-state index contributed by atoms with van der Waals surface area (Å²) in [5, 5.41) is 3.51. The Labute approximate surface area is 139 Å². The highest BCUT2D eigenvalue weighted by Crippen LogP contribution is 2.15. The smallest absolute Gasteiger partial charge is 0.290 e. The number of amides is 1. The second-order valence-corrected chi connectivity index (χ2v) is 5.97. The summed E-state index contributed by atoms with van der Waals surface area (Å²) in [7, 11) is 0. The van der Waals surface area contributed by atoms with E-state index in [2.05, 4.69) is 15.3 Å². The lowest BCUT2D eigenvalue weighted by molar-refractivity contribution is 0.100. The number of piperidine rings is 1. The quantitative estimate of drug-likeness (QED) is 0.747. The number of H-pyrrole nitrogens is 1. The minimum atomic E-state index is -0.419. The molecule has 1 fully saturated rings. The van der Waals surface area contributed by atoms with Crippen LogP contribution in [0, 0.1) is 0 Å². The van der Waals surface area contributed by atoms with Gasteiger partial charge in [-0.15, -0.1) is 0 Å². The van der Waals surface area contributed by atoms with Gasteiger partial charge in [0.05, 0.1) is 0 Å². The maximum atomic E-state index is 11.9. The van der Waals surface area contributed by atoms with Crippen molar-refractivity contribution in [2.45, 2.75) is 25.4 Å². The number of hydrogen-bond acceptors (Lipinski definition) is 5. The lowest BCUT2D eigenvalue weighted by atomic mass is 10.0. The highest BCUT2D eigenvalue weighted by atomic mass is 16.1. The second kappa shape index (κ2) is 7.27. The number of aromatic nitrogens is 2. The lowest BCUT2D eigenvalue weighted by Gasteiger charge is -2.33. The molecule has 1 aliphatic rings. The van der Waals surface area contributed by atoms with E-state index in [1.807, 2.05) is 17.0 Å². The van der Waals surface area contributed by atoms with Crippen LogP contribution in [0.25, 0.3) is 0 Å². The fourth-order valence-corrected chi connectivity index (χ4v) is 2.95. The van der Waals surface area contributed by atoms with Crippen LogP contribution in [-0.4, -0.2) is 35.0 Å². The molecule has 7 nitrogen and oxygen atoms in total. The van der Waals surface area contributed by atoms with E-state index in [4.69, 9.17) is 5.73 Å². The molecular formula is C17H21N5O2. The van der Waals surface area contributed by atoms with Gasteiger partial charge in [0.15, 0.2) is 5.82 Å². The van der Waals surface area contributed by atoms with Gasteiger partial charge in [0.2, 0.25) is 5.91 Å². The number of anilines is 1. The number of nitrogens with two attached hydrogens (primary N) is 1. The van der Waals surface area contributed by atoms with Crippen LogP contribution in [0.4, 0.5) is 5.82 Å². The maximum absolute atomic E-state index is 11.9. The van der Waals surface area contributed by atoms with Crippen molar-refractivity contribution in [2.24, 2.45) is 5.73 Å². The van der Waals surface area contributed by atoms with Crippen molar-refractivity contribution in [1.29, 1.82) is 0 Å². The summed E-state index contributed by atoms with van der Waals surface area (Å²) in [4.78, 5) is 31.8. The Bertz CT molecular complexity index is 756. The third kappa shape index (κ3) is 3.80. The van der Waals surface area contributed by atoms with E-state index in [1.54, 1.807) is 24.5 Å². The van der Waals surface area contributed by atoms with E-state index in [0.29, 0.717) is 17.9 Å². The SMILES string of the molecule is NC(=O)c1ccc(CN[C@H]2CCCN(c3ncc[nH]c3=O)C2)cc1. The molecule has 0 radical (unpaired) electrons. The van der Waals surface area contributed by atoms with Gasteiger partial charge in [-0.3, -0.25) is 9.59 Å². The van der Waals surface area contributed by atoms with Gasteiger partial charge in [-0.25, -0.2) is 4.98 Å². The first-order valence-electron chi connectivity index (χ1n) is 8.04. The average molecular weight is 327 g/mol. The van der Waals surface area contributed by atoms with Crippen LogP contribution in [0.3, 0.4) is 0 Å². The molecule has 1 saturated heterocycles. The highest BCUT2D eigenvalue weighted by Gasteiger charge is 2.22. The Kier molecular flexibility index (Phi) is 4.90. The van der Waals surface area contributed by atoms with E-state index >= 15 is 0 Å². The minimum absolute atomic E-state index is 0.153. The number of nitrogens with zero attached hydrogens (tertiary/aromatic N) is 2. The van der Waals surface area contributed by atoms with Crippen molar-refractivity contribution in [3.63, 3.8) is 0 Å². The van der Waals surface area contributed by atoms with Crippen molar-refractivity contribution in [2.75, 3.05) is 18.0 Å². The first kappa shape index (κ1) is 16.2. The Morgan fingerprint density at radius 1 is 1.38 bits per heavy atom. The number of carbonyl (C=O) groups excluding carboxylic acids is 1. The van der Waals surface area contributed by atoms with Gasteiger partial charge in [0.25, 0.3) is 5.56 Å². The molecule has 2 heterocycles. The van der Waals surface area contributed by atoms with Crippen molar-refractivity contribution in [1.82, 2.24) is 15.3 Å². The van der Waals surface area contributed by atoms with Crippen molar-refractivity contribution >= 4 is 11.7 Å². The number of carbonyl (C=O) groups is 1. The van der Waals surface area contributed by atoms with Crippen molar-refractivity contribution in [3.8, 4) is 0 Å². The fraction of sp³-hybridized carbons (Fsp3) is 0.353. The topological polar surface area (TPSA) is 104 Å². The largest absolute Gasteiger partial charge is 0.366 e. The molecule has 3 rings (SSSR count). The van der Waals surface area contributed by atoms with Crippen molar-refractivity contribution in [3.05, 3.63) is 58.1 Å². The third-order valence-electron chi connectivity index (χ3n) is 4.24. The van der Waals surface area contributed by atoms with Crippen LogP contribution in [0.1, 0.15) is 28.8 Å². The normalized spacial score (nSPS) is 17.7. The first-order valence-corrected chi connectivity index (χ1v) is 8.04. The number of aromatic amines is 1. The van der Waals surface area contributed by atoms with Gasteiger partial charge in [0.1, 0.15) is 0 Å². The minimum Gasteiger partial charge on any atom is -0.366 e. The second-order valence-electron chi connectivity index (χ2n) is 5.97. The molecule has 0 saturated carbocycles. The molecule has 24 heavy (non-hydrogen) atoms. The van der Waals surface area contributed by atoms with E-state index in [-0.39, 0.29) is 11.6 Å². The molecule has 2 aromatic rings. The summed E-state index contributed by atoms with van der Waals surface area (Å²) in [5.74, 6) is 0.0628. The van der Waals surface area contributed by atoms with Crippen LogP contribution >= 0.6 is 0 Å². The molecule has 0 unspecified atom stereocenters. The number of benzene rings is 1. The molecule has 1 aromatic carbocycles. The summed E-state index contributed by atoms with van der Waals surface area (Å²) < 4.78 is 0. The lowest BCUT2D eigenvalue weighted by Crippen LogP contribution is -2.47. The molecule has 1 aliphatic heterocycles. The Balaban J connectivity index is 1.58. The zero-order valence-corrected chi connectivity index (χ0v) is 13.4. The molecule has 0 aliphatic carbocycles. The average Bonchev–Trinajstić information content (AvgIpc) is 2.61. The summed E-state index contributed by atoms with van der Waals surface area (Å²) in [6, 6.07) is 7.56. The number of nitrogens with one attached hydrogen (secondary N) is 2. The van der Waals surface area contributed by atoms with Crippen LogP contribution in [0.2, 0.25) is 0 Å². The van der Waals surface area contributed by atoms with Gasteiger partial charge >= 0.3 is 0 Å². The Hall–Kier alpha value is -2.67. The molecule has 1 amide bonds. The van der Waals surface area contributed by atoms with Gasteiger partial charge in [0, 0.05) is 43.6 Å². The van der Waals surface area contributed by atoms with Crippen LogP contribution in [0.15, 0.2) is 41.5 Å². The number of hydrogen-bond donors (Lipinski definition) is 3. The Morgan fingerprint density at radius 3 is 2.88 bits per heavy atom. The summed E-state index contributed by atoms with van der Waals surface area (Å²) in [6.07, 6.45) is 5.21. The monoisotopic (exact) mass is 327 g/mol. The molecule has 1 aromatic heterocycles. The zero-order chi connectivity index (χ0) is 16.9. The molecule has 0 bridgehead atoms. The zero-order valence-electron chi connectivity index (χ0n) is 13.4. The molecule has 4 N–H and O–H groups in total. The Morgan fingerprint density at radius 2 is 2.17 bits per heavy atom. The standard InChI is InChI=1S/C17H21N5O2/c18-15(23)13-5-3-12(4-6-13)10-21-14-2-1-9-22(11-14)16-17(24)20-8-7-19-16/h3-8,14,21H,1-2,9-11H2,(H2,18,23)(H,20,24)/t14-/m0/s1. The van der Waals surface area contributed by atoms with Crippen LogP contribution in [0.5, 0.6) is 0 Å². The summed E-state index contributed by atoms with van der Waals surface area (Å²) in [6.45, 7) is 2.29. The fourth-order valence-electron chi connectivity index (χ4n) is 2.95. The molecule has 7 heteroatoms. The summed E-state index contributed by atoms with van der Waals surface area (Å²) in [5.41, 5.74) is 6.69. The van der Waals surface area contributed by atoms with E-state index in [0.717, 1.165) is 31.5 Å². The predicted octanol–water partition coefficient (Wildman–Crippen LogP) is 0.627. The third-order valence-corrected chi connectivity index (χ3v) is 4.24. The van der Waals surface area contributed by atoms with Gasteiger partial charge in [-0.05, 0) is 30.5 Å². The molecular weight excluding hydrogens is 306 g/mol. The molecule has 126 valence electrons. The first-order chi connectivity index (χ1) is 11.6. The van der Waals surface area contributed by atoms with Crippen LogP contribution < -0.4 is 21.5 Å². The van der Waals surface area contributed by atoms with E-state index in [9.17, 15) is 9.59 Å². The van der Waals surface area contributed by atoms with Crippen molar-refractivity contribution < 1.29 is 4.79 Å². The highest BCUT2D eigenvalue weighted by molar-refractivity contribution is 5.92. The van der Waals surface area contributed by atoms with Gasteiger partial charge < -0.3 is 20.9 Å². The van der Waals surface area contributed by atoms with Gasteiger partial charge in [-0.2, -0.15) is 0 Å².